The van der Waals surface area contributed by atoms with Crippen LogP contribution in [0.2, 0.25) is 5.02 Å². The van der Waals surface area contributed by atoms with Gasteiger partial charge >= 0.3 is 0 Å². The van der Waals surface area contributed by atoms with E-state index in [1.165, 1.54) is 0 Å². The van der Waals surface area contributed by atoms with E-state index in [4.69, 9.17) is 11.6 Å². The van der Waals surface area contributed by atoms with Crippen molar-refractivity contribution in [2.75, 3.05) is 6.54 Å². The molecule has 2 aromatic rings. The highest BCUT2D eigenvalue weighted by atomic mass is 35.5. The molecule has 0 bridgehead atoms. The van der Waals surface area contributed by atoms with E-state index in [9.17, 15) is 9.90 Å². The highest BCUT2D eigenvalue weighted by Gasteiger charge is 2.29. The maximum Gasteiger partial charge on any atom is 0.230 e. The molecule has 116 valence electrons. The molecule has 0 spiro atoms. The quantitative estimate of drug-likeness (QED) is 0.887. The molecule has 0 radical (unpaired) electrons. The lowest BCUT2D eigenvalue weighted by Gasteiger charge is -2.25. The Kier molecular flexibility index (Phi) is 5.22. The molecule has 0 saturated carbocycles. The van der Waals surface area contributed by atoms with Gasteiger partial charge in [-0.2, -0.15) is 0 Å². The predicted octanol–water partition coefficient (Wildman–Crippen LogP) is 3.47. The van der Waals surface area contributed by atoms with E-state index in [0.717, 1.165) is 11.1 Å². The second-order valence-corrected chi connectivity index (χ2v) is 6.20. The van der Waals surface area contributed by atoms with Crippen LogP contribution in [0.1, 0.15) is 31.1 Å². The molecule has 2 N–H and O–H groups in total. The lowest BCUT2D eigenvalue weighted by molar-refractivity contribution is -0.126. The first-order chi connectivity index (χ1) is 10.4. The van der Waals surface area contributed by atoms with Crippen molar-refractivity contribution in [2.24, 2.45) is 0 Å². The third-order valence-electron chi connectivity index (χ3n) is 3.77. The van der Waals surface area contributed by atoms with Crippen molar-refractivity contribution in [3.63, 3.8) is 0 Å². The molecule has 0 aliphatic heterocycles. The van der Waals surface area contributed by atoms with Crippen molar-refractivity contribution >= 4 is 17.5 Å². The van der Waals surface area contributed by atoms with E-state index in [1.54, 1.807) is 24.3 Å². The molecule has 0 aliphatic rings. The minimum Gasteiger partial charge on any atom is -0.387 e. The number of benzene rings is 2. The average molecular weight is 318 g/mol. The molecule has 3 nitrogen and oxygen atoms in total. The fourth-order valence-corrected chi connectivity index (χ4v) is 2.33. The van der Waals surface area contributed by atoms with Crippen LogP contribution in [0.25, 0.3) is 0 Å². The molecule has 0 aliphatic carbocycles. The van der Waals surface area contributed by atoms with Gasteiger partial charge in [0.2, 0.25) is 5.91 Å². The molecule has 0 fully saturated rings. The van der Waals surface area contributed by atoms with Gasteiger partial charge in [-0.1, -0.05) is 54.1 Å². The minimum absolute atomic E-state index is 0.119. The lowest BCUT2D eigenvalue weighted by Crippen LogP contribution is -2.41. The van der Waals surface area contributed by atoms with Gasteiger partial charge in [0.05, 0.1) is 11.5 Å². The van der Waals surface area contributed by atoms with E-state index < -0.39 is 11.5 Å². The Morgan fingerprint density at radius 3 is 2.32 bits per heavy atom. The third-order valence-corrected chi connectivity index (χ3v) is 4.03. The molecule has 2 rings (SSSR count). The van der Waals surface area contributed by atoms with Crippen molar-refractivity contribution in [1.29, 1.82) is 0 Å². The second-order valence-electron chi connectivity index (χ2n) is 5.77. The molecule has 0 saturated heterocycles. The summed E-state index contributed by atoms with van der Waals surface area (Å²) >= 11 is 5.82. The molecule has 0 heterocycles. The van der Waals surface area contributed by atoms with Crippen LogP contribution in [0, 0.1) is 0 Å². The largest absolute Gasteiger partial charge is 0.387 e. The van der Waals surface area contributed by atoms with Crippen molar-refractivity contribution in [2.45, 2.75) is 25.4 Å². The Bertz CT molecular complexity index is 623. The number of nitrogens with one attached hydrogen (secondary N) is 1. The number of aliphatic hydroxyl groups excluding tert-OH is 1. The molecule has 0 aromatic heterocycles. The topological polar surface area (TPSA) is 49.3 Å². The maximum absolute atomic E-state index is 12.4. The van der Waals surface area contributed by atoms with Crippen LogP contribution in [0.3, 0.4) is 0 Å². The summed E-state index contributed by atoms with van der Waals surface area (Å²) in [6.07, 6.45) is -0.757. The van der Waals surface area contributed by atoms with E-state index >= 15 is 0 Å². The number of hydrogen-bond donors (Lipinski definition) is 2. The van der Waals surface area contributed by atoms with Crippen molar-refractivity contribution < 1.29 is 9.90 Å². The third kappa shape index (κ3) is 3.87. The number of amides is 1. The van der Waals surface area contributed by atoms with Gasteiger partial charge < -0.3 is 10.4 Å². The molecule has 22 heavy (non-hydrogen) atoms. The fourth-order valence-electron chi connectivity index (χ4n) is 2.20. The Balaban J connectivity index is 1.99. The first-order valence-electron chi connectivity index (χ1n) is 7.18. The number of rotatable bonds is 5. The van der Waals surface area contributed by atoms with Gasteiger partial charge in [-0.05, 0) is 37.1 Å². The van der Waals surface area contributed by atoms with Crippen LogP contribution in [0.5, 0.6) is 0 Å². The summed E-state index contributed by atoms with van der Waals surface area (Å²) in [6.45, 7) is 3.90. The summed E-state index contributed by atoms with van der Waals surface area (Å²) in [4.78, 5) is 12.4. The van der Waals surface area contributed by atoms with Crippen LogP contribution in [0.15, 0.2) is 54.6 Å². The van der Waals surface area contributed by atoms with Gasteiger partial charge in [-0.25, -0.2) is 0 Å². The van der Waals surface area contributed by atoms with Crippen LogP contribution >= 0.6 is 11.6 Å². The van der Waals surface area contributed by atoms with Crippen molar-refractivity contribution in [3.05, 3.63) is 70.7 Å². The molecule has 1 amide bonds. The first-order valence-corrected chi connectivity index (χ1v) is 7.56. The van der Waals surface area contributed by atoms with E-state index in [2.05, 4.69) is 5.32 Å². The normalized spacial score (nSPS) is 12.7. The summed E-state index contributed by atoms with van der Waals surface area (Å²) in [5.74, 6) is -0.119. The van der Waals surface area contributed by atoms with Gasteiger partial charge in [-0.15, -0.1) is 0 Å². The first kappa shape index (κ1) is 16.5. The van der Waals surface area contributed by atoms with Crippen LogP contribution < -0.4 is 5.32 Å². The maximum atomic E-state index is 12.4. The highest BCUT2D eigenvalue weighted by molar-refractivity contribution is 6.30. The standard InChI is InChI=1S/C18H20ClNO2/c1-18(2,14-6-4-3-5-7-14)17(22)20-12-16(21)13-8-10-15(19)11-9-13/h3-11,16,21H,12H2,1-2H3,(H,20,22). The SMILES string of the molecule is CC(C)(C(=O)NCC(O)c1ccc(Cl)cc1)c1ccccc1. The fraction of sp³-hybridized carbons (Fsp3) is 0.278. The number of carbonyl (C=O) groups excluding carboxylic acids is 1. The molecule has 1 atom stereocenters. The van der Waals surface area contributed by atoms with Gasteiger partial charge in [-0.3, -0.25) is 4.79 Å². The molecule has 2 aromatic carbocycles. The van der Waals surface area contributed by atoms with Crippen molar-refractivity contribution in [1.82, 2.24) is 5.32 Å². The molecule has 4 heteroatoms. The lowest BCUT2D eigenvalue weighted by atomic mass is 9.83. The van der Waals surface area contributed by atoms with Crippen LogP contribution in [0.4, 0.5) is 0 Å². The summed E-state index contributed by atoms with van der Waals surface area (Å²) in [5.41, 5.74) is 1.01. The minimum atomic E-state index is -0.757. The van der Waals surface area contributed by atoms with E-state index in [-0.39, 0.29) is 12.5 Å². The molecular weight excluding hydrogens is 298 g/mol. The zero-order chi connectivity index (χ0) is 16.2. The zero-order valence-electron chi connectivity index (χ0n) is 12.7. The van der Waals surface area contributed by atoms with Crippen LogP contribution in [-0.4, -0.2) is 17.6 Å². The average Bonchev–Trinajstić information content (AvgIpc) is 2.53. The van der Waals surface area contributed by atoms with Crippen molar-refractivity contribution in [3.8, 4) is 0 Å². The Hall–Kier alpha value is -1.84. The van der Waals surface area contributed by atoms with E-state index in [1.807, 2.05) is 44.2 Å². The highest BCUT2D eigenvalue weighted by Crippen LogP contribution is 2.23. The van der Waals surface area contributed by atoms with Gasteiger partial charge in [0.25, 0.3) is 0 Å². The number of aliphatic hydroxyl groups is 1. The Morgan fingerprint density at radius 2 is 1.73 bits per heavy atom. The predicted molar refractivity (Wildman–Crippen MR) is 88.9 cm³/mol. The molecular formula is C18H20ClNO2. The smallest absolute Gasteiger partial charge is 0.230 e. The van der Waals surface area contributed by atoms with Gasteiger partial charge in [0.1, 0.15) is 0 Å². The van der Waals surface area contributed by atoms with Gasteiger partial charge in [0, 0.05) is 11.6 Å². The summed E-state index contributed by atoms with van der Waals surface area (Å²) < 4.78 is 0. The van der Waals surface area contributed by atoms with E-state index in [0.29, 0.717) is 5.02 Å². The summed E-state index contributed by atoms with van der Waals surface area (Å²) in [5, 5.41) is 13.6. The number of hydrogen-bond acceptors (Lipinski definition) is 2. The second kappa shape index (κ2) is 6.95. The molecule has 1 unspecified atom stereocenters. The Morgan fingerprint density at radius 1 is 1.14 bits per heavy atom. The number of carbonyl (C=O) groups is 1. The number of halogens is 1. The Labute approximate surface area is 135 Å². The summed E-state index contributed by atoms with van der Waals surface area (Å²) in [7, 11) is 0. The monoisotopic (exact) mass is 317 g/mol. The zero-order valence-corrected chi connectivity index (χ0v) is 13.5. The summed E-state index contributed by atoms with van der Waals surface area (Å²) in [6, 6.07) is 16.5. The van der Waals surface area contributed by atoms with Gasteiger partial charge in [0.15, 0.2) is 0 Å². The van der Waals surface area contributed by atoms with Crippen LogP contribution in [-0.2, 0) is 10.2 Å².